The lowest BCUT2D eigenvalue weighted by Crippen LogP contribution is -2.26. The highest BCUT2D eigenvalue weighted by molar-refractivity contribution is 7.91. The molecule has 0 bridgehead atoms. The van der Waals surface area contributed by atoms with E-state index in [2.05, 4.69) is 29.9 Å². The van der Waals surface area contributed by atoms with Crippen LogP contribution < -0.4 is 14.8 Å². The summed E-state index contributed by atoms with van der Waals surface area (Å²) in [5, 5.41) is 11.4. The minimum atomic E-state index is -3.70. The van der Waals surface area contributed by atoms with Crippen molar-refractivity contribution in [2.24, 2.45) is 11.8 Å². The van der Waals surface area contributed by atoms with Gasteiger partial charge < -0.3 is 14.8 Å². The van der Waals surface area contributed by atoms with Crippen molar-refractivity contribution in [3.05, 3.63) is 66.2 Å². The Hall–Kier alpha value is -3.31. The van der Waals surface area contributed by atoms with Gasteiger partial charge in [-0.3, -0.25) is 4.90 Å². The Morgan fingerprint density at radius 3 is 2.36 bits per heavy atom. The van der Waals surface area contributed by atoms with E-state index in [0.29, 0.717) is 24.2 Å². The van der Waals surface area contributed by atoms with E-state index in [-0.39, 0.29) is 27.5 Å². The van der Waals surface area contributed by atoms with Crippen molar-refractivity contribution < 1.29 is 26.7 Å². The first kappa shape index (κ1) is 23.1. The number of alkyl halides is 2. The number of hydrogen-bond acceptors (Lipinski definition) is 8. The van der Waals surface area contributed by atoms with Crippen molar-refractivity contribution in [1.82, 2.24) is 15.1 Å². The number of benzene rings is 2. The highest BCUT2D eigenvalue weighted by Crippen LogP contribution is 2.43. The third-order valence-electron chi connectivity index (χ3n) is 7.02. The largest absolute Gasteiger partial charge is 0.586 e. The van der Waals surface area contributed by atoms with Gasteiger partial charge in [0.25, 0.3) is 0 Å². The van der Waals surface area contributed by atoms with E-state index in [4.69, 9.17) is 0 Å². The van der Waals surface area contributed by atoms with Gasteiger partial charge in [-0.15, -0.1) is 19.0 Å². The number of nitrogens with one attached hydrogen (secondary N) is 1. The normalized spacial score (nSPS) is 24.6. The van der Waals surface area contributed by atoms with Gasteiger partial charge in [-0.25, -0.2) is 8.42 Å². The molecule has 1 saturated carbocycles. The molecule has 3 atom stereocenters. The number of rotatable bonds is 6. The number of fused-ring (bicyclic) bond motifs is 2. The Bertz CT molecular complexity index is 1360. The van der Waals surface area contributed by atoms with Crippen molar-refractivity contribution in [3.8, 4) is 11.5 Å². The lowest BCUT2D eigenvalue weighted by atomic mass is 10.0. The van der Waals surface area contributed by atoms with E-state index in [9.17, 15) is 17.2 Å². The third-order valence-corrected chi connectivity index (χ3v) is 8.68. The fourth-order valence-corrected chi connectivity index (χ4v) is 6.62. The topological polar surface area (TPSA) is 93.7 Å². The van der Waals surface area contributed by atoms with Crippen LogP contribution in [0.2, 0.25) is 0 Å². The fraction of sp³-hybridized carbons (Fsp3) is 0.360. The molecule has 36 heavy (non-hydrogen) atoms. The SMILES string of the molecule is O=S(=O)(c1ccccc1)c1ccc(NC2CC3CN(Cc4ccc5c(c4)OC(F)(F)O5)C[C@H]3C2)nn1. The molecule has 0 radical (unpaired) electrons. The van der Waals surface area contributed by atoms with Crippen LogP contribution in [0, 0.1) is 11.8 Å². The summed E-state index contributed by atoms with van der Waals surface area (Å²) in [5.41, 5.74) is 0.908. The van der Waals surface area contributed by atoms with Crippen LogP contribution in [0.4, 0.5) is 14.6 Å². The first-order valence-corrected chi connectivity index (χ1v) is 13.2. The maximum atomic E-state index is 13.3. The Balaban J connectivity index is 1.03. The Morgan fingerprint density at radius 1 is 0.944 bits per heavy atom. The lowest BCUT2D eigenvalue weighted by Gasteiger charge is -2.20. The van der Waals surface area contributed by atoms with Crippen LogP contribution in [0.25, 0.3) is 0 Å². The van der Waals surface area contributed by atoms with Crippen LogP contribution in [0.1, 0.15) is 18.4 Å². The van der Waals surface area contributed by atoms with Crippen molar-refractivity contribution >= 4 is 15.7 Å². The number of hydrogen-bond donors (Lipinski definition) is 1. The van der Waals surface area contributed by atoms with E-state index >= 15 is 0 Å². The van der Waals surface area contributed by atoms with E-state index in [1.165, 1.54) is 24.3 Å². The number of anilines is 1. The maximum Gasteiger partial charge on any atom is 0.586 e. The van der Waals surface area contributed by atoms with E-state index in [1.807, 2.05) is 0 Å². The van der Waals surface area contributed by atoms with Gasteiger partial charge >= 0.3 is 6.29 Å². The van der Waals surface area contributed by atoms with Crippen LogP contribution in [-0.4, -0.2) is 48.9 Å². The molecule has 6 rings (SSSR count). The van der Waals surface area contributed by atoms with Crippen LogP contribution in [0.5, 0.6) is 11.5 Å². The Labute approximate surface area is 207 Å². The molecule has 0 spiro atoms. The monoisotopic (exact) mass is 514 g/mol. The van der Waals surface area contributed by atoms with Gasteiger partial charge in [-0.05, 0) is 66.6 Å². The zero-order valence-electron chi connectivity index (χ0n) is 19.2. The van der Waals surface area contributed by atoms with Gasteiger partial charge in [0.15, 0.2) is 16.5 Å². The average molecular weight is 515 g/mol. The molecule has 2 unspecified atom stereocenters. The number of sulfone groups is 1. The molecule has 1 N–H and O–H groups in total. The second-order valence-corrected chi connectivity index (χ2v) is 11.4. The van der Waals surface area contributed by atoms with Crippen molar-refractivity contribution in [2.75, 3.05) is 18.4 Å². The number of aromatic nitrogens is 2. The second kappa shape index (κ2) is 8.67. The smallest absolute Gasteiger partial charge is 0.395 e. The van der Waals surface area contributed by atoms with Gasteiger partial charge in [0.05, 0.1) is 4.90 Å². The summed E-state index contributed by atoms with van der Waals surface area (Å²) >= 11 is 0. The number of ether oxygens (including phenoxy) is 2. The molecular weight excluding hydrogens is 490 g/mol. The fourth-order valence-electron chi connectivity index (χ4n) is 5.46. The molecular formula is C25H24F2N4O4S. The molecule has 8 nitrogen and oxygen atoms in total. The van der Waals surface area contributed by atoms with Crippen LogP contribution in [0.3, 0.4) is 0 Å². The molecule has 3 aliphatic rings. The minimum Gasteiger partial charge on any atom is -0.395 e. The predicted octanol–water partition coefficient (Wildman–Crippen LogP) is 3.95. The molecule has 1 aliphatic carbocycles. The maximum absolute atomic E-state index is 13.3. The summed E-state index contributed by atoms with van der Waals surface area (Å²) in [6.45, 7) is 2.51. The lowest BCUT2D eigenvalue weighted by molar-refractivity contribution is -0.286. The highest BCUT2D eigenvalue weighted by atomic mass is 32.2. The van der Waals surface area contributed by atoms with Gasteiger partial charge in [-0.2, -0.15) is 0 Å². The minimum absolute atomic E-state index is 0.0600. The summed E-state index contributed by atoms with van der Waals surface area (Å²) in [6.07, 6.45) is -1.66. The molecule has 1 saturated heterocycles. The van der Waals surface area contributed by atoms with Crippen LogP contribution >= 0.6 is 0 Å². The first-order chi connectivity index (χ1) is 17.2. The molecule has 0 amide bonds. The van der Waals surface area contributed by atoms with Gasteiger partial charge in [0.1, 0.15) is 5.82 Å². The molecule has 188 valence electrons. The predicted molar refractivity (Wildman–Crippen MR) is 125 cm³/mol. The van der Waals surface area contributed by atoms with E-state index < -0.39 is 16.1 Å². The quantitative estimate of drug-likeness (QED) is 0.529. The van der Waals surface area contributed by atoms with Crippen LogP contribution in [0.15, 0.2) is 70.6 Å². The summed E-state index contributed by atoms with van der Waals surface area (Å²) in [4.78, 5) is 2.52. The molecule has 3 heterocycles. The van der Waals surface area contributed by atoms with E-state index in [0.717, 1.165) is 31.5 Å². The molecule has 11 heteroatoms. The standard InChI is InChI=1S/C25H24F2N4O4S/c26-25(27)34-21-7-6-16(10-22(21)35-25)13-31-14-17-11-19(12-18(17)15-31)28-23-8-9-24(30-29-23)36(32,33)20-4-2-1-3-5-20/h1-10,17-19H,11-15H2,(H,28,29)/t17-,18?,19?/m1/s1. The van der Waals surface area contributed by atoms with Gasteiger partial charge in [0, 0.05) is 25.7 Å². The van der Waals surface area contributed by atoms with E-state index in [1.54, 1.807) is 36.4 Å². The highest BCUT2D eigenvalue weighted by Gasteiger charge is 2.44. The average Bonchev–Trinajstić information content (AvgIpc) is 3.49. The molecule has 2 fully saturated rings. The van der Waals surface area contributed by atoms with Gasteiger partial charge in [-0.1, -0.05) is 24.3 Å². The van der Waals surface area contributed by atoms with Crippen molar-refractivity contribution in [3.63, 3.8) is 0 Å². The summed E-state index contributed by atoms with van der Waals surface area (Å²) in [7, 11) is -3.70. The Morgan fingerprint density at radius 2 is 1.67 bits per heavy atom. The first-order valence-electron chi connectivity index (χ1n) is 11.8. The number of nitrogens with zero attached hydrogens (tertiary/aromatic N) is 3. The zero-order chi connectivity index (χ0) is 24.9. The molecule has 2 aliphatic heterocycles. The molecule has 3 aromatic rings. The summed E-state index contributed by atoms with van der Waals surface area (Å²) in [6, 6.07) is 16.5. The number of likely N-dealkylation sites (tertiary alicyclic amines) is 1. The Kier molecular flexibility index (Phi) is 5.56. The summed E-state index contributed by atoms with van der Waals surface area (Å²) < 4.78 is 61.0. The number of halogens is 2. The zero-order valence-corrected chi connectivity index (χ0v) is 20.0. The molecule has 1 aromatic heterocycles. The van der Waals surface area contributed by atoms with Gasteiger partial charge in [0.2, 0.25) is 9.84 Å². The van der Waals surface area contributed by atoms with Crippen molar-refractivity contribution in [2.45, 2.75) is 41.6 Å². The van der Waals surface area contributed by atoms with Crippen LogP contribution in [-0.2, 0) is 16.4 Å². The second-order valence-electron chi connectivity index (χ2n) is 9.55. The molecule has 2 aromatic carbocycles. The third kappa shape index (κ3) is 4.48. The summed E-state index contributed by atoms with van der Waals surface area (Å²) in [5.74, 6) is 1.73. The van der Waals surface area contributed by atoms with Crippen molar-refractivity contribution in [1.29, 1.82) is 0 Å².